The molecular formula is C16H17N3O3. The smallest absolute Gasteiger partial charge is 0.289 e. The van der Waals surface area contributed by atoms with Crippen molar-refractivity contribution in [3.05, 3.63) is 54.2 Å². The van der Waals surface area contributed by atoms with E-state index in [1.165, 1.54) is 6.26 Å². The van der Waals surface area contributed by atoms with Gasteiger partial charge in [-0.3, -0.25) is 14.6 Å². The van der Waals surface area contributed by atoms with Gasteiger partial charge in [0.05, 0.1) is 11.8 Å². The maximum atomic E-state index is 12.1. The van der Waals surface area contributed by atoms with Crippen LogP contribution in [-0.2, 0) is 0 Å². The van der Waals surface area contributed by atoms with Crippen LogP contribution in [0.25, 0.3) is 0 Å². The van der Waals surface area contributed by atoms with Crippen molar-refractivity contribution in [2.75, 3.05) is 13.1 Å². The number of nitrogens with zero attached hydrogens (tertiary/aromatic N) is 2. The van der Waals surface area contributed by atoms with Crippen LogP contribution in [0.3, 0.4) is 0 Å². The molecule has 6 heteroatoms. The van der Waals surface area contributed by atoms with E-state index in [0.29, 0.717) is 24.4 Å². The van der Waals surface area contributed by atoms with Gasteiger partial charge < -0.3 is 14.6 Å². The first kappa shape index (κ1) is 14.3. The summed E-state index contributed by atoms with van der Waals surface area (Å²) in [5.41, 5.74) is 0.552. The standard InChI is InChI=1S/C16H17N3O3/c20-15(12-3-1-7-17-11-12)18-13-5-8-19(9-6-13)16(21)14-4-2-10-22-14/h1-4,7,10-11,13H,5-6,8-9H2,(H,18,20). The predicted molar refractivity (Wildman–Crippen MR) is 79.3 cm³/mol. The lowest BCUT2D eigenvalue weighted by Gasteiger charge is -2.31. The van der Waals surface area contributed by atoms with E-state index in [9.17, 15) is 9.59 Å². The Balaban J connectivity index is 1.52. The molecule has 0 saturated carbocycles. The number of aromatic nitrogens is 1. The molecule has 22 heavy (non-hydrogen) atoms. The van der Waals surface area contributed by atoms with Crippen molar-refractivity contribution >= 4 is 11.8 Å². The molecule has 2 aromatic heterocycles. The normalized spacial score (nSPS) is 15.5. The van der Waals surface area contributed by atoms with Gasteiger partial charge in [0.1, 0.15) is 0 Å². The zero-order valence-corrected chi connectivity index (χ0v) is 12.1. The van der Waals surface area contributed by atoms with Gasteiger partial charge in [-0.05, 0) is 37.1 Å². The van der Waals surface area contributed by atoms with E-state index >= 15 is 0 Å². The maximum Gasteiger partial charge on any atom is 0.289 e. The van der Waals surface area contributed by atoms with Crippen LogP contribution in [-0.4, -0.2) is 40.8 Å². The number of rotatable bonds is 3. The molecule has 2 amide bonds. The van der Waals surface area contributed by atoms with E-state index < -0.39 is 0 Å². The fourth-order valence-corrected chi connectivity index (χ4v) is 2.55. The summed E-state index contributed by atoms with van der Waals surface area (Å²) in [6.45, 7) is 1.22. The van der Waals surface area contributed by atoms with Crippen molar-refractivity contribution < 1.29 is 14.0 Å². The lowest BCUT2D eigenvalue weighted by atomic mass is 10.0. The minimum absolute atomic E-state index is 0.0772. The molecule has 3 heterocycles. The molecule has 114 valence electrons. The Labute approximate surface area is 128 Å². The Kier molecular flexibility index (Phi) is 4.18. The van der Waals surface area contributed by atoms with Gasteiger partial charge in [-0.2, -0.15) is 0 Å². The third-order valence-electron chi connectivity index (χ3n) is 3.77. The highest BCUT2D eigenvalue weighted by molar-refractivity contribution is 5.94. The Morgan fingerprint density at radius 1 is 1.23 bits per heavy atom. The van der Waals surface area contributed by atoms with E-state index in [1.807, 2.05) is 0 Å². The zero-order valence-electron chi connectivity index (χ0n) is 12.1. The van der Waals surface area contributed by atoms with Gasteiger partial charge in [0.25, 0.3) is 11.8 Å². The minimum Gasteiger partial charge on any atom is -0.459 e. The zero-order chi connectivity index (χ0) is 15.4. The van der Waals surface area contributed by atoms with Crippen LogP contribution in [0, 0.1) is 0 Å². The first-order chi connectivity index (χ1) is 10.7. The number of pyridine rings is 1. The van der Waals surface area contributed by atoms with E-state index in [4.69, 9.17) is 4.42 Å². The number of nitrogens with one attached hydrogen (secondary N) is 1. The summed E-state index contributed by atoms with van der Waals surface area (Å²) in [6.07, 6.45) is 6.14. The van der Waals surface area contributed by atoms with Crippen molar-refractivity contribution in [2.45, 2.75) is 18.9 Å². The number of amides is 2. The maximum absolute atomic E-state index is 12.1. The first-order valence-electron chi connectivity index (χ1n) is 7.28. The minimum atomic E-state index is -0.121. The highest BCUT2D eigenvalue weighted by atomic mass is 16.3. The highest BCUT2D eigenvalue weighted by Gasteiger charge is 2.25. The van der Waals surface area contributed by atoms with Crippen LogP contribution < -0.4 is 5.32 Å². The summed E-state index contributed by atoms with van der Waals surface area (Å²) >= 11 is 0. The Hall–Kier alpha value is -2.63. The molecule has 1 fully saturated rings. The highest BCUT2D eigenvalue weighted by Crippen LogP contribution is 2.14. The molecule has 0 aromatic carbocycles. The molecule has 6 nitrogen and oxygen atoms in total. The summed E-state index contributed by atoms with van der Waals surface area (Å²) in [6, 6.07) is 6.91. The van der Waals surface area contributed by atoms with E-state index in [-0.39, 0.29) is 17.9 Å². The molecule has 1 aliphatic rings. The summed E-state index contributed by atoms with van der Waals surface area (Å²) in [4.78, 5) is 29.9. The van der Waals surface area contributed by atoms with E-state index in [1.54, 1.807) is 41.6 Å². The first-order valence-corrected chi connectivity index (χ1v) is 7.28. The second-order valence-corrected chi connectivity index (χ2v) is 5.26. The van der Waals surface area contributed by atoms with Gasteiger partial charge in [0.2, 0.25) is 0 Å². The van der Waals surface area contributed by atoms with Gasteiger partial charge in [-0.1, -0.05) is 0 Å². The van der Waals surface area contributed by atoms with Gasteiger partial charge in [0.15, 0.2) is 5.76 Å². The van der Waals surface area contributed by atoms with Gasteiger partial charge in [-0.15, -0.1) is 0 Å². The molecule has 1 N–H and O–H groups in total. The average molecular weight is 299 g/mol. The molecule has 3 rings (SSSR count). The molecule has 0 atom stereocenters. The second kappa shape index (κ2) is 6.43. The largest absolute Gasteiger partial charge is 0.459 e. The fraction of sp³-hybridized carbons (Fsp3) is 0.312. The second-order valence-electron chi connectivity index (χ2n) is 5.26. The van der Waals surface area contributed by atoms with Crippen LogP contribution in [0.1, 0.15) is 33.8 Å². The van der Waals surface area contributed by atoms with Crippen LogP contribution in [0.2, 0.25) is 0 Å². The summed E-state index contributed by atoms with van der Waals surface area (Å²) < 4.78 is 5.13. The summed E-state index contributed by atoms with van der Waals surface area (Å²) in [5, 5.41) is 2.99. The molecule has 0 spiro atoms. The van der Waals surface area contributed by atoms with Crippen LogP contribution in [0.5, 0.6) is 0 Å². The predicted octanol–water partition coefficient (Wildman–Crippen LogP) is 1.71. The number of carbonyl (C=O) groups is 2. The van der Waals surface area contributed by atoms with Crippen LogP contribution in [0.4, 0.5) is 0 Å². The van der Waals surface area contributed by atoms with Crippen LogP contribution >= 0.6 is 0 Å². The SMILES string of the molecule is O=C(NC1CCN(C(=O)c2ccco2)CC1)c1cccnc1. The quantitative estimate of drug-likeness (QED) is 0.936. The molecule has 1 saturated heterocycles. The Morgan fingerprint density at radius 2 is 2.05 bits per heavy atom. The van der Waals surface area contributed by atoms with Crippen molar-refractivity contribution in [1.29, 1.82) is 0 Å². The summed E-state index contributed by atoms with van der Waals surface area (Å²) in [5.74, 6) is 0.142. The Bertz CT molecular complexity index is 632. The lowest BCUT2D eigenvalue weighted by Crippen LogP contribution is -2.46. The van der Waals surface area contributed by atoms with Crippen molar-refractivity contribution in [2.24, 2.45) is 0 Å². The van der Waals surface area contributed by atoms with Crippen molar-refractivity contribution in [1.82, 2.24) is 15.2 Å². The molecule has 1 aliphatic heterocycles. The molecule has 0 radical (unpaired) electrons. The summed E-state index contributed by atoms with van der Waals surface area (Å²) in [7, 11) is 0. The average Bonchev–Trinajstić information content (AvgIpc) is 3.10. The fourth-order valence-electron chi connectivity index (χ4n) is 2.55. The Morgan fingerprint density at radius 3 is 2.68 bits per heavy atom. The molecule has 2 aromatic rings. The number of likely N-dealkylation sites (tertiary alicyclic amines) is 1. The topological polar surface area (TPSA) is 75.4 Å². The van der Waals surface area contributed by atoms with Gasteiger partial charge in [-0.25, -0.2) is 0 Å². The van der Waals surface area contributed by atoms with Gasteiger partial charge >= 0.3 is 0 Å². The number of furan rings is 1. The van der Waals surface area contributed by atoms with E-state index in [0.717, 1.165) is 12.8 Å². The van der Waals surface area contributed by atoms with Crippen molar-refractivity contribution in [3.8, 4) is 0 Å². The monoisotopic (exact) mass is 299 g/mol. The number of hydrogen-bond acceptors (Lipinski definition) is 4. The number of hydrogen-bond donors (Lipinski definition) is 1. The van der Waals surface area contributed by atoms with Crippen molar-refractivity contribution in [3.63, 3.8) is 0 Å². The third-order valence-corrected chi connectivity index (χ3v) is 3.77. The lowest BCUT2D eigenvalue weighted by molar-refractivity contribution is 0.0667. The molecule has 0 unspecified atom stereocenters. The third kappa shape index (κ3) is 3.16. The molecular weight excluding hydrogens is 282 g/mol. The number of carbonyl (C=O) groups excluding carboxylic acids is 2. The molecule has 0 bridgehead atoms. The van der Waals surface area contributed by atoms with Gasteiger partial charge in [0, 0.05) is 31.5 Å². The van der Waals surface area contributed by atoms with Crippen LogP contribution in [0.15, 0.2) is 47.3 Å². The van der Waals surface area contributed by atoms with E-state index in [2.05, 4.69) is 10.3 Å². The number of piperidine rings is 1. The molecule has 0 aliphatic carbocycles.